The number of hydrogen-bond acceptors (Lipinski definition) is 3. The number of rotatable bonds is 8. The molecule has 134 valence electrons. The van der Waals surface area contributed by atoms with Gasteiger partial charge in [0.2, 0.25) is 5.91 Å². The molecular formula is C20H25FN2OS. The molecular weight excluding hydrogens is 335 g/mol. The van der Waals surface area contributed by atoms with Crippen molar-refractivity contribution >= 4 is 17.7 Å². The maximum atomic E-state index is 12.9. The summed E-state index contributed by atoms with van der Waals surface area (Å²) in [4.78, 5) is 15.1. The van der Waals surface area contributed by atoms with Crippen LogP contribution in [-0.2, 0) is 11.2 Å². The van der Waals surface area contributed by atoms with E-state index in [1.165, 1.54) is 35.0 Å². The number of carbonyl (C=O) groups is 1. The normalized spacial score (nSPS) is 12.2. The fraction of sp³-hybridized carbons (Fsp3) is 0.350. The van der Waals surface area contributed by atoms with Gasteiger partial charge in [-0.3, -0.25) is 4.79 Å². The molecule has 0 saturated carbocycles. The third-order valence-electron chi connectivity index (χ3n) is 4.07. The molecule has 5 heteroatoms. The van der Waals surface area contributed by atoms with Crippen molar-refractivity contribution in [2.75, 3.05) is 26.4 Å². The largest absolute Gasteiger partial charge is 0.353 e. The Labute approximate surface area is 153 Å². The lowest BCUT2D eigenvalue weighted by Gasteiger charge is -2.25. The molecule has 0 heterocycles. The zero-order valence-electron chi connectivity index (χ0n) is 15.0. The lowest BCUT2D eigenvalue weighted by atomic mass is 10.0. The van der Waals surface area contributed by atoms with E-state index in [2.05, 4.69) is 41.4 Å². The molecule has 0 aliphatic carbocycles. The molecule has 25 heavy (non-hydrogen) atoms. The lowest BCUT2D eigenvalue weighted by molar-refractivity contribution is -0.118. The summed E-state index contributed by atoms with van der Waals surface area (Å²) in [5, 5.41) is 3.00. The maximum absolute atomic E-state index is 12.9. The average Bonchev–Trinajstić information content (AvgIpc) is 2.61. The van der Waals surface area contributed by atoms with Crippen LogP contribution < -0.4 is 5.32 Å². The van der Waals surface area contributed by atoms with E-state index in [4.69, 9.17) is 0 Å². The third-order valence-corrected chi connectivity index (χ3v) is 5.08. The van der Waals surface area contributed by atoms with Crippen LogP contribution in [0.1, 0.15) is 24.1 Å². The summed E-state index contributed by atoms with van der Waals surface area (Å²) in [5.74, 6) is 0.0312. The van der Waals surface area contributed by atoms with Gasteiger partial charge in [0, 0.05) is 11.4 Å². The number of benzene rings is 2. The van der Waals surface area contributed by atoms with Gasteiger partial charge < -0.3 is 10.2 Å². The third kappa shape index (κ3) is 6.18. The van der Waals surface area contributed by atoms with E-state index in [1.807, 2.05) is 14.1 Å². The van der Waals surface area contributed by atoms with Gasteiger partial charge in [-0.1, -0.05) is 31.2 Å². The van der Waals surface area contributed by atoms with E-state index >= 15 is 0 Å². The van der Waals surface area contributed by atoms with E-state index in [0.717, 1.165) is 11.3 Å². The van der Waals surface area contributed by atoms with Crippen LogP contribution in [0.15, 0.2) is 53.4 Å². The minimum absolute atomic E-state index is 0.0219. The summed E-state index contributed by atoms with van der Waals surface area (Å²) in [5.41, 5.74) is 2.50. The molecule has 0 saturated heterocycles. The topological polar surface area (TPSA) is 32.3 Å². The Morgan fingerprint density at radius 2 is 1.76 bits per heavy atom. The van der Waals surface area contributed by atoms with Crippen LogP contribution in [0, 0.1) is 5.82 Å². The SMILES string of the molecule is CCc1ccc(C(CNC(=O)CSc2ccc(F)cc2)N(C)C)cc1. The number of nitrogens with zero attached hydrogens (tertiary/aromatic N) is 1. The molecule has 0 aliphatic rings. The lowest BCUT2D eigenvalue weighted by Crippen LogP contribution is -2.35. The van der Waals surface area contributed by atoms with Gasteiger partial charge in [0.15, 0.2) is 0 Å². The molecule has 2 rings (SSSR count). The summed E-state index contributed by atoms with van der Waals surface area (Å²) in [6.45, 7) is 2.69. The van der Waals surface area contributed by atoms with Crippen LogP contribution >= 0.6 is 11.8 Å². The second-order valence-electron chi connectivity index (χ2n) is 6.12. The molecule has 1 atom stereocenters. The fourth-order valence-corrected chi connectivity index (χ4v) is 3.24. The van der Waals surface area contributed by atoms with Crippen LogP contribution in [0.2, 0.25) is 0 Å². The first kappa shape index (κ1) is 19.5. The zero-order valence-corrected chi connectivity index (χ0v) is 15.8. The number of amides is 1. The number of aryl methyl sites for hydroxylation is 1. The molecule has 0 aliphatic heterocycles. The number of thioether (sulfide) groups is 1. The van der Waals surface area contributed by atoms with Crippen molar-refractivity contribution < 1.29 is 9.18 Å². The Morgan fingerprint density at radius 1 is 1.12 bits per heavy atom. The van der Waals surface area contributed by atoms with E-state index in [9.17, 15) is 9.18 Å². The Kier molecular flexibility index (Phi) is 7.47. The van der Waals surface area contributed by atoms with Gasteiger partial charge in [-0.05, 0) is 55.9 Å². The highest BCUT2D eigenvalue weighted by atomic mass is 32.2. The molecule has 1 unspecified atom stereocenters. The minimum atomic E-state index is -0.267. The highest BCUT2D eigenvalue weighted by Crippen LogP contribution is 2.20. The van der Waals surface area contributed by atoms with Crippen molar-refractivity contribution in [1.82, 2.24) is 10.2 Å². The van der Waals surface area contributed by atoms with Gasteiger partial charge >= 0.3 is 0 Å². The first-order valence-electron chi connectivity index (χ1n) is 8.40. The second-order valence-corrected chi connectivity index (χ2v) is 7.17. The van der Waals surface area contributed by atoms with Crippen molar-refractivity contribution in [3.8, 4) is 0 Å². The average molecular weight is 360 g/mol. The zero-order chi connectivity index (χ0) is 18.2. The Balaban J connectivity index is 1.87. The van der Waals surface area contributed by atoms with Crippen LogP contribution in [0.4, 0.5) is 4.39 Å². The van der Waals surface area contributed by atoms with E-state index in [-0.39, 0.29) is 17.8 Å². The van der Waals surface area contributed by atoms with Gasteiger partial charge in [-0.15, -0.1) is 11.8 Å². The minimum Gasteiger partial charge on any atom is -0.353 e. The van der Waals surface area contributed by atoms with Gasteiger partial charge in [-0.2, -0.15) is 0 Å². The summed E-state index contributed by atoms with van der Waals surface area (Å²) >= 11 is 1.41. The van der Waals surface area contributed by atoms with E-state index in [1.54, 1.807) is 12.1 Å². The number of hydrogen-bond donors (Lipinski definition) is 1. The molecule has 0 fully saturated rings. The van der Waals surface area contributed by atoms with Crippen molar-refractivity contribution in [3.63, 3.8) is 0 Å². The number of nitrogens with one attached hydrogen (secondary N) is 1. The van der Waals surface area contributed by atoms with Crippen molar-refractivity contribution in [1.29, 1.82) is 0 Å². The second kappa shape index (κ2) is 9.59. The Hall–Kier alpha value is -1.85. The predicted octanol–water partition coefficient (Wildman–Crippen LogP) is 3.90. The van der Waals surface area contributed by atoms with Crippen LogP contribution in [0.25, 0.3) is 0 Å². The van der Waals surface area contributed by atoms with Gasteiger partial charge in [-0.25, -0.2) is 4.39 Å². The number of likely N-dealkylation sites (N-methyl/N-ethyl adjacent to an activating group) is 1. The van der Waals surface area contributed by atoms with Gasteiger partial charge in [0.05, 0.1) is 11.8 Å². The van der Waals surface area contributed by atoms with Crippen molar-refractivity contribution in [3.05, 3.63) is 65.5 Å². The highest BCUT2D eigenvalue weighted by Gasteiger charge is 2.15. The quantitative estimate of drug-likeness (QED) is 0.725. The number of halogens is 1. The van der Waals surface area contributed by atoms with Crippen LogP contribution in [0.3, 0.4) is 0 Å². The Bertz CT molecular complexity index is 671. The fourth-order valence-electron chi connectivity index (χ4n) is 2.52. The summed E-state index contributed by atoms with van der Waals surface area (Å²) in [7, 11) is 4.02. The first-order chi connectivity index (χ1) is 12.0. The van der Waals surface area contributed by atoms with Crippen molar-refractivity contribution in [2.24, 2.45) is 0 Å². The molecule has 2 aromatic rings. The predicted molar refractivity (Wildman–Crippen MR) is 102 cm³/mol. The molecule has 0 radical (unpaired) electrons. The van der Waals surface area contributed by atoms with Gasteiger partial charge in [0.1, 0.15) is 5.82 Å². The van der Waals surface area contributed by atoms with Gasteiger partial charge in [0.25, 0.3) is 0 Å². The first-order valence-corrected chi connectivity index (χ1v) is 9.38. The Morgan fingerprint density at radius 3 is 2.32 bits per heavy atom. The molecule has 0 aromatic heterocycles. The van der Waals surface area contributed by atoms with Crippen LogP contribution in [-0.4, -0.2) is 37.2 Å². The smallest absolute Gasteiger partial charge is 0.230 e. The molecule has 1 N–H and O–H groups in total. The summed E-state index contributed by atoms with van der Waals surface area (Å²) < 4.78 is 12.9. The maximum Gasteiger partial charge on any atom is 0.230 e. The molecule has 1 amide bonds. The van der Waals surface area contributed by atoms with Crippen LogP contribution in [0.5, 0.6) is 0 Å². The standard InChI is InChI=1S/C20H25FN2OS/c1-4-15-5-7-16(8-6-15)19(23(2)3)13-22-20(24)14-25-18-11-9-17(21)10-12-18/h5-12,19H,4,13-14H2,1-3H3,(H,22,24). The molecule has 2 aromatic carbocycles. The monoisotopic (exact) mass is 360 g/mol. The molecule has 3 nitrogen and oxygen atoms in total. The summed E-state index contributed by atoms with van der Waals surface area (Å²) in [6.07, 6.45) is 1.02. The summed E-state index contributed by atoms with van der Waals surface area (Å²) in [6, 6.07) is 14.8. The molecule has 0 bridgehead atoms. The number of carbonyl (C=O) groups excluding carboxylic acids is 1. The van der Waals surface area contributed by atoms with E-state index in [0.29, 0.717) is 12.3 Å². The van der Waals surface area contributed by atoms with E-state index < -0.39 is 0 Å². The van der Waals surface area contributed by atoms with Crippen molar-refractivity contribution in [2.45, 2.75) is 24.3 Å². The highest BCUT2D eigenvalue weighted by molar-refractivity contribution is 8.00. The molecule has 0 spiro atoms.